The average molecular weight is 316 g/mol. The number of aliphatic hydroxyl groups excluding tert-OH is 1. The molecule has 1 fully saturated rings. The van der Waals surface area contributed by atoms with Crippen molar-refractivity contribution in [3.63, 3.8) is 0 Å². The van der Waals surface area contributed by atoms with Gasteiger partial charge < -0.3 is 10.2 Å². The summed E-state index contributed by atoms with van der Waals surface area (Å²) < 4.78 is 0. The van der Waals surface area contributed by atoms with Gasteiger partial charge in [0.15, 0.2) is 0 Å². The number of rotatable bonds is 1. The van der Waals surface area contributed by atoms with Crippen molar-refractivity contribution in [2.24, 2.45) is 11.3 Å². The molecular formula is C20H28O3. The minimum Gasteiger partial charge on any atom is -0.508 e. The summed E-state index contributed by atoms with van der Waals surface area (Å²) in [4.78, 5) is 12.4. The molecule has 1 aromatic rings. The number of Topliss-reactive ketones (excluding diaryl/α,β-unsaturated/α-hetero) is 1. The van der Waals surface area contributed by atoms with Crippen LogP contribution in [0.2, 0.25) is 0 Å². The number of carbonyl (C=O) groups excluding carboxylic acids is 1. The molecule has 2 N–H and O–H groups in total. The molecule has 1 aromatic carbocycles. The van der Waals surface area contributed by atoms with Crippen LogP contribution in [0.25, 0.3) is 0 Å². The summed E-state index contributed by atoms with van der Waals surface area (Å²) in [5.74, 6) is 0.702. The molecule has 3 rings (SSSR count). The third kappa shape index (κ3) is 2.16. The first-order chi connectivity index (χ1) is 10.6. The SMILES string of the molecule is CC(C)c1c(O)ccc2c1CC(O)C1C(C)(C)C(=O)CCC21C. The summed E-state index contributed by atoms with van der Waals surface area (Å²) in [5.41, 5.74) is 2.53. The molecule has 3 atom stereocenters. The average Bonchev–Trinajstić information content (AvgIpc) is 2.42. The van der Waals surface area contributed by atoms with Crippen LogP contribution in [-0.4, -0.2) is 22.1 Å². The van der Waals surface area contributed by atoms with Crippen LogP contribution >= 0.6 is 0 Å². The predicted octanol–water partition coefficient (Wildman–Crippen LogP) is 3.70. The predicted molar refractivity (Wildman–Crippen MR) is 90.8 cm³/mol. The number of fused-ring (bicyclic) bond motifs is 3. The van der Waals surface area contributed by atoms with Gasteiger partial charge in [-0.1, -0.05) is 40.7 Å². The quantitative estimate of drug-likeness (QED) is 0.830. The fraction of sp³-hybridized carbons (Fsp3) is 0.650. The number of aliphatic hydroxyl groups is 1. The molecule has 0 aliphatic heterocycles. The fourth-order valence-electron chi connectivity index (χ4n) is 5.41. The van der Waals surface area contributed by atoms with E-state index in [0.717, 1.165) is 17.5 Å². The largest absolute Gasteiger partial charge is 0.508 e. The van der Waals surface area contributed by atoms with E-state index in [2.05, 4.69) is 20.8 Å². The van der Waals surface area contributed by atoms with Crippen LogP contribution in [0.4, 0.5) is 0 Å². The van der Waals surface area contributed by atoms with E-state index < -0.39 is 11.5 Å². The first-order valence-corrected chi connectivity index (χ1v) is 8.67. The molecule has 3 unspecified atom stereocenters. The number of hydrogen-bond acceptors (Lipinski definition) is 3. The number of benzene rings is 1. The van der Waals surface area contributed by atoms with Crippen molar-refractivity contribution in [1.29, 1.82) is 0 Å². The van der Waals surface area contributed by atoms with Crippen molar-refractivity contribution in [1.82, 2.24) is 0 Å². The van der Waals surface area contributed by atoms with E-state index in [1.54, 1.807) is 6.07 Å². The minimum atomic E-state index is -0.550. The van der Waals surface area contributed by atoms with Crippen LogP contribution in [0.1, 0.15) is 70.1 Å². The number of ketones is 1. The second-order valence-corrected chi connectivity index (χ2v) is 8.49. The van der Waals surface area contributed by atoms with Gasteiger partial charge in [0.1, 0.15) is 11.5 Å². The maximum absolute atomic E-state index is 12.4. The molecule has 23 heavy (non-hydrogen) atoms. The second kappa shape index (κ2) is 5.07. The second-order valence-electron chi connectivity index (χ2n) is 8.49. The van der Waals surface area contributed by atoms with E-state index in [4.69, 9.17) is 0 Å². The van der Waals surface area contributed by atoms with Gasteiger partial charge in [0.2, 0.25) is 0 Å². The van der Waals surface area contributed by atoms with Gasteiger partial charge in [-0.25, -0.2) is 0 Å². The van der Waals surface area contributed by atoms with Crippen molar-refractivity contribution < 1.29 is 15.0 Å². The van der Waals surface area contributed by atoms with Crippen molar-refractivity contribution in [2.45, 2.75) is 71.3 Å². The highest BCUT2D eigenvalue weighted by Gasteiger charge is 2.57. The third-order valence-electron chi connectivity index (χ3n) is 6.38. The van der Waals surface area contributed by atoms with Gasteiger partial charge in [0, 0.05) is 17.8 Å². The number of carbonyl (C=O) groups is 1. The van der Waals surface area contributed by atoms with Gasteiger partial charge in [0.25, 0.3) is 0 Å². The molecule has 3 heteroatoms. The first-order valence-electron chi connectivity index (χ1n) is 8.67. The zero-order valence-corrected chi connectivity index (χ0v) is 14.8. The Bertz CT molecular complexity index is 659. The molecule has 2 aliphatic carbocycles. The molecule has 0 spiro atoms. The smallest absolute Gasteiger partial charge is 0.138 e. The molecule has 3 nitrogen and oxygen atoms in total. The van der Waals surface area contributed by atoms with E-state index in [1.165, 1.54) is 5.56 Å². The summed E-state index contributed by atoms with van der Waals surface area (Å²) in [5, 5.41) is 21.2. The topological polar surface area (TPSA) is 57.5 Å². The van der Waals surface area contributed by atoms with Gasteiger partial charge in [-0.05, 0) is 46.9 Å². The lowest BCUT2D eigenvalue weighted by molar-refractivity contribution is -0.143. The number of hydrogen-bond donors (Lipinski definition) is 2. The maximum Gasteiger partial charge on any atom is 0.138 e. The van der Waals surface area contributed by atoms with Crippen LogP contribution in [0.5, 0.6) is 5.75 Å². The minimum absolute atomic E-state index is 0.0756. The Balaban J connectivity index is 2.24. The van der Waals surface area contributed by atoms with Crippen molar-refractivity contribution >= 4 is 5.78 Å². The molecule has 0 aromatic heterocycles. The van der Waals surface area contributed by atoms with Gasteiger partial charge in [-0.3, -0.25) is 4.79 Å². The lowest BCUT2D eigenvalue weighted by Gasteiger charge is -2.55. The summed E-state index contributed by atoms with van der Waals surface area (Å²) >= 11 is 0. The Kier molecular flexibility index (Phi) is 3.64. The van der Waals surface area contributed by atoms with Crippen molar-refractivity contribution in [3.8, 4) is 5.75 Å². The zero-order valence-electron chi connectivity index (χ0n) is 14.8. The summed E-state index contributed by atoms with van der Waals surface area (Å²) in [6, 6.07) is 3.80. The molecule has 2 aliphatic rings. The molecule has 0 radical (unpaired) electrons. The molecule has 0 amide bonds. The zero-order chi connectivity index (χ0) is 17.2. The van der Waals surface area contributed by atoms with Crippen molar-refractivity contribution in [3.05, 3.63) is 28.8 Å². The highest BCUT2D eigenvalue weighted by molar-refractivity contribution is 5.86. The highest BCUT2D eigenvalue weighted by Crippen LogP contribution is 2.57. The van der Waals surface area contributed by atoms with Crippen LogP contribution in [0.3, 0.4) is 0 Å². The molecule has 126 valence electrons. The lowest BCUT2D eigenvalue weighted by Crippen LogP contribution is -2.57. The molecule has 0 bridgehead atoms. The Hall–Kier alpha value is -1.35. The van der Waals surface area contributed by atoms with Crippen molar-refractivity contribution in [2.75, 3.05) is 0 Å². The fourth-order valence-corrected chi connectivity index (χ4v) is 5.41. The third-order valence-corrected chi connectivity index (χ3v) is 6.38. The summed E-state index contributed by atoms with van der Waals surface area (Å²) in [7, 11) is 0. The van der Waals surface area contributed by atoms with E-state index >= 15 is 0 Å². The van der Waals surface area contributed by atoms with E-state index in [-0.39, 0.29) is 23.0 Å². The molecular weight excluding hydrogens is 288 g/mol. The van der Waals surface area contributed by atoms with Gasteiger partial charge in [0.05, 0.1) is 6.10 Å². The first kappa shape index (κ1) is 16.5. The van der Waals surface area contributed by atoms with Crippen LogP contribution in [-0.2, 0) is 16.6 Å². The molecule has 0 heterocycles. The summed E-state index contributed by atoms with van der Waals surface area (Å²) in [6.07, 6.45) is 1.30. The number of aromatic hydroxyl groups is 1. The standard InChI is InChI=1S/C20H28O3/c1-11(2)17-12-10-15(22)18-19(3,4)16(23)8-9-20(18,5)13(12)6-7-14(17)21/h6-7,11,15,18,21-22H,8-10H2,1-5H3. The normalized spacial score (nSPS) is 32.6. The Labute approximate surface area is 138 Å². The highest BCUT2D eigenvalue weighted by atomic mass is 16.3. The van der Waals surface area contributed by atoms with Crippen LogP contribution in [0, 0.1) is 11.3 Å². The molecule has 1 saturated carbocycles. The van der Waals surface area contributed by atoms with Crippen LogP contribution < -0.4 is 0 Å². The van der Waals surface area contributed by atoms with E-state index in [9.17, 15) is 15.0 Å². The van der Waals surface area contributed by atoms with Gasteiger partial charge in [-0.15, -0.1) is 0 Å². The van der Waals surface area contributed by atoms with Gasteiger partial charge >= 0.3 is 0 Å². The maximum atomic E-state index is 12.4. The molecule has 0 saturated heterocycles. The Morgan fingerprint density at radius 2 is 1.87 bits per heavy atom. The monoisotopic (exact) mass is 316 g/mol. The van der Waals surface area contributed by atoms with Crippen LogP contribution in [0.15, 0.2) is 12.1 Å². The Morgan fingerprint density at radius 1 is 1.22 bits per heavy atom. The Morgan fingerprint density at radius 3 is 2.48 bits per heavy atom. The summed E-state index contributed by atoms with van der Waals surface area (Å²) in [6.45, 7) is 10.3. The van der Waals surface area contributed by atoms with E-state index in [0.29, 0.717) is 18.6 Å². The number of phenols is 1. The lowest BCUT2D eigenvalue weighted by atomic mass is 9.48. The van der Waals surface area contributed by atoms with Gasteiger partial charge in [-0.2, -0.15) is 0 Å². The number of phenolic OH excluding ortho intramolecular Hbond substituents is 1. The van der Waals surface area contributed by atoms with E-state index in [1.807, 2.05) is 19.9 Å².